The molecule has 44 heavy (non-hydrogen) atoms. The van der Waals surface area contributed by atoms with Gasteiger partial charge < -0.3 is 18.9 Å². The van der Waals surface area contributed by atoms with Crippen molar-refractivity contribution in [1.82, 2.24) is 0 Å². The molecule has 1 aliphatic heterocycles. The number of thiazole rings is 1. The van der Waals surface area contributed by atoms with Crippen LogP contribution in [0.15, 0.2) is 66.5 Å². The van der Waals surface area contributed by atoms with E-state index in [0.29, 0.717) is 23.1 Å². The topological polar surface area (TPSA) is 125 Å². The summed E-state index contributed by atoms with van der Waals surface area (Å²) in [5.41, 5.74) is 2.52. The molecule has 5 rings (SSSR count). The average molecular weight is 696 g/mol. The lowest BCUT2D eigenvalue weighted by molar-refractivity contribution is -0.667. The summed E-state index contributed by atoms with van der Waals surface area (Å²) in [7, 11) is -8.81. The van der Waals surface area contributed by atoms with E-state index in [1.165, 1.54) is 6.92 Å². The molecule has 0 spiro atoms. The monoisotopic (exact) mass is 694 g/mol. The highest BCUT2D eigenvalue weighted by molar-refractivity contribution is 7.86. The number of rotatable bonds is 11. The molecule has 4 aromatic rings. The SMILES string of the molecule is CCN1/C(=C\C=C\c2sc3ccc4ccccc4c3[n+]2CCCS(=O)(=O)[O-])N(CCC(C)S(=O)(=O)[O-])c2cc(Cl)c(Cl)cc21. The molecule has 0 saturated heterocycles. The van der Waals surface area contributed by atoms with Crippen LogP contribution in [-0.4, -0.2) is 50.0 Å². The molecule has 1 unspecified atom stereocenters. The van der Waals surface area contributed by atoms with E-state index >= 15 is 0 Å². The molecule has 0 bridgehead atoms. The zero-order valence-corrected chi connectivity index (χ0v) is 27.9. The maximum absolute atomic E-state index is 11.6. The number of aryl methyl sites for hydroxylation is 1. The first-order chi connectivity index (χ1) is 20.8. The minimum absolute atomic E-state index is 0.107. The Kier molecular flexibility index (Phi) is 9.62. The lowest BCUT2D eigenvalue weighted by Crippen LogP contribution is -2.36. The van der Waals surface area contributed by atoms with E-state index in [4.69, 9.17) is 23.2 Å². The highest BCUT2D eigenvalue weighted by Crippen LogP contribution is 2.45. The van der Waals surface area contributed by atoms with Crippen molar-refractivity contribution >= 4 is 93.2 Å². The number of fused-ring (bicyclic) bond motifs is 4. The Morgan fingerprint density at radius 1 is 1.00 bits per heavy atom. The lowest BCUT2D eigenvalue weighted by atomic mass is 10.1. The van der Waals surface area contributed by atoms with Crippen molar-refractivity contribution in [2.45, 2.75) is 38.5 Å². The Morgan fingerprint density at radius 2 is 1.68 bits per heavy atom. The predicted octanol–water partition coefficient (Wildman–Crippen LogP) is 6.11. The number of allylic oxidation sites excluding steroid dienone is 2. The van der Waals surface area contributed by atoms with Crippen molar-refractivity contribution in [1.29, 1.82) is 0 Å². The van der Waals surface area contributed by atoms with E-state index in [-0.39, 0.29) is 19.4 Å². The van der Waals surface area contributed by atoms with Crippen LogP contribution < -0.4 is 14.4 Å². The Balaban J connectivity index is 1.56. The van der Waals surface area contributed by atoms with Gasteiger partial charge >= 0.3 is 0 Å². The minimum Gasteiger partial charge on any atom is -0.748 e. The van der Waals surface area contributed by atoms with Crippen LogP contribution in [0.3, 0.4) is 0 Å². The Morgan fingerprint density at radius 3 is 2.34 bits per heavy atom. The third-order valence-electron chi connectivity index (χ3n) is 7.59. The second kappa shape index (κ2) is 13.0. The number of hydrogen-bond donors (Lipinski definition) is 0. The lowest BCUT2D eigenvalue weighted by Gasteiger charge is -2.26. The first-order valence-electron chi connectivity index (χ1n) is 13.9. The van der Waals surface area contributed by atoms with Gasteiger partial charge in [0.1, 0.15) is 10.5 Å². The van der Waals surface area contributed by atoms with Crippen molar-refractivity contribution in [3.05, 3.63) is 81.6 Å². The molecule has 14 heteroatoms. The van der Waals surface area contributed by atoms with Gasteiger partial charge in [0.2, 0.25) is 5.52 Å². The number of halogens is 2. The Bertz CT molecular complexity index is 2010. The standard InChI is InChI=1S/C30H31Cl2N3O6S3/c1-3-33-25-18-23(31)24(32)19-26(25)34(16-14-20(2)44(39,40)41)28(33)10-6-11-29-35(15-7-17-43(36,37)38)30-22-9-5-4-8-21(22)12-13-27(30)42-29/h4-6,8-13,18-20H,3,7,14-17H2,1-2H3,(H-,36,37,38,39,40,41)/p-1. The molecule has 2 heterocycles. The van der Waals surface area contributed by atoms with Gasteiger partial charge in [-0.25, -0.2) is 16.8 Å². The molecule has 1 atom stereocenters. The van der Waals surface area contributed by atoms with Crippen LogP contribution in [0, 0.1) is 0 Å². The molecule has 0 N–H and O–H groups in total. The fourth-order valence-corrected chi connectivity index (χ4v) is 7.70. The summed E-state index contributed by atoms with van der Waals surface area (Å²) in [5.74, 6) is 0.291. The molecule has 0 saturated carbocycles. The number of anilines is 2. The van der Waals surface area contributed by atoms with Gasteiger partial charge in [-0.15, -0.1) is 0 Å². The molecule has 0 fully saturated rings. The maximum Gasteiger partial charge on any atom is 0.262 e. The van der Waals surface area contributed by atoms with E-state index in [1.807, 2.05) is 75.9 Å². The fraction of sp³-hybridized carbons (Fsp3) is 0.300. The predicted molar refractivity (Wildman–Crippen MR) is 176 cm³/mol. The third kappa shape index (κ3) is 6.91. The van der Waals surface area contributed by atoms with Crippen molar-refractivity contribution < 1.29 is 30.5 Å². The van der Waals surface area contributed by atoms with Gasteiger partial charge in [-0.3, -0.25) is 0 Å². The molecule has 0 radical (unpaired) electrons. The van der Waals surface area contributed by atoms with Crippen molar-refractivity contribution in [3.63, 3.8) is 0 Å². The van der Waals surface area contributed by atoms with E-state index < -0.39 is 31.2 Å². The van der Waals surface area contributed by atoms with E-state index in [1.54, 1.807) is 23.5 Å². The first-order valence-corrected chi connectivity index (χ1v) is 18.6. The second-order valence-corrected chi connectivity index (χ2v) is 15.7. The summed E-state index contributed by atoms with van der Waals surface area (Å²) in [5, 5.41) is 2.59. The highest BCUT2D eigenvalue weighted by Gasteiger charge is 2.32. The van der Waals surface area contributed by atoms with Crippen LogP contribution in [-0.2, 0) is 26.8 Å². The van der Waals surface area contributed by atoms with Crippen LogP contribution in [0.5, 0.6) is 0 Å². The quantitative estimate of drug-likeness (QED) is 0.136. The van der Waals surface area contributed by atoms with Gasteiger partial charge in [-0.05, 0) is 56.0 Å². The van der Waals surface area contributed by atoms with E-state index in [0.717, 1.165) is 43.2 Å². The summed E-state index contributed by atoms with van der Waals surface area (Å²) >= 11 is 14.3. The van der Waals surface area contributed by atoms with Crippen LogP contribution in [0.1, 0.15) is 31.7 Å². The van der Waals surface area contributed by atoms with Crippen LogP contribution >= 0.6 is 34.5 Å². The van der Waals surface area contributed by atoms with Crippen LogP contribution in [0.25, 0.3) is 27.1 Å². The summed E-state index contributed by atoms with van der Waals surface area (Å²) in [6, 6.07) is 15.5. The molecular formula is C30H30Cl2N3O6S3-. The van der Waals surface area contributed by atoms with Crippen molar-refractivity contribution in [2.24, 2.45) is 0 Å². The Labute approximate surface area is 271 Å². The number of nitrogens with zero attached hydrogens (tertiary/aromatic N) is 3. The largest absolute Gasteiger partial charge is 0.748 e. The second-order valence-electron chi connectivity index (χ2n) is 10.5. The summed E-state index contributed by atoms with van der Waals surface area (Å²) in [6.07, 6.45) is 5.98. The highest BCUT2D eigenvalue weighted by atomic mass is 35.5. The van der Waals surface area contributed by atoms with Crippen molar-refractivity contribution in [3.8, 4) is 0 Å². The van der Waals surface area contributed by atoms with Crippen LogP contribution in [0.4, 0.5) is 11.4 Å². The van der Waals surface area contributed by atoms with E-state index in [9.17, 15) is 25.9 Å². The van der Waals surface area contributed by atoms with Gasteiger partial charge in [0, 0.05) is 36.6 Å². The van der Waals surface area contributed by atoms with E-state index in [2.05, 4.69) is 0 Å². The average Bonchev–Trinajstić information content (AvgIpc) is 3.45. The molecule has 0 amide bonds. The zero-order valence-electron chi connectivity index (χ0n) is 23.9. The Hall–Kier alpha value is -2.71. The smallest absolute Gasteiger partial charge is 0.262 e. The van der Waals surface area contributed by atoms with Crippen LogP contribution in [0.2, 0.25) is 10.0 Å². The molecule has 1 aliphatic rings. The number of aromatic nitrogens is 1. The van der Waals surface area contributed by atoms with Gasteiger partial charge in [0.05, 0.1) is 47.0 Å². The van der Waals surface area contributed by atoms with Gasteiger partial charge in [-0.2, -0.15) is 4.57 Å². The van der Waals surface area contributed by atoms with Gasteiger partial charge in [-0.1, -0.05) is 64.9 Å². The third-order valence-corrected chi connectivity index (χ3v) is 11.4. The zero-order chi connectivity index (χ0) is 31.8. The van der Waals surface area contributed by atoms with Crippen molar-refractivity contribution in [2.75, 3.05) is 28.6 Å². The summed E-state index contributed by atoms with van der Waals surface area (Å²) < 4.78 is 72.0. The summed E-state index contributed by atoms with van der Waals surface area (Å²) in [4.78, 5) is 3.96. The van der Waals surface area contributed by atoms with Gasteiger partial charge in [0.15, 0.2) is 6.54 Å². The first kappa shape index (κ1) is 32.7. The minimum atomic E-state index is -4.46. The molecule has 3 aromatic carbocycles. The molecule has 0 aliphatic carbocycles. The molecular weight excluding hydrogens is 665 g/mol. The number of hydrogen-bond acceptors (Lipinski definition) is 9. The maximum atomic E-state index is 11.6. The van der Waals surface area contributed by atoms with Gasteiger partial charge in [0.25, 0.3) is 5.01 Å². The molecule has 234 valence electrons. The summed E-state index contributed by atoms with van der Waals surface area (Å²) in [6.45, 7) is 4.55. The molecule has 9 nitrogen and oxygen atoms in total. The normalized spacial score (nSPS) is 15.7. The number of benzene rings is 3. The molecule has 1 aromatic heterocycles. The fourth-order valence-electron chi connectivity index (χ4n) is 5.39.